The Morgan fingerprint density at radius 1 is 1.15 bits per heavy atom. The van der Waals surface area contributed by atoms with Crippen LogP contribution >= 0.6 is 0 Å². The Hall–Kier alpha value is -2.94. The van der Waals surface area contributed by atoms with Gasteiger partial charge >= 0.3 is 0 Å². The highest BCUT2D eigenvalue weighted by Crippen LogP contribution is 2.28. The number of nitrogens with one attached hydrogen (secondary N) is 1. The largest absolute Gasteiger partial charge is 0.432 e. The van der Waals surface area contributed by atoms with Gasteiger partial charge in [-0.15, -0.1) is 0 Å². The highest BCUT2D eigenvalue weighted by Gasteiger charge is 2.32. The average Bonchev–Trinajstić information content (AvgIpc) is 3.02. The zero-order valence-corrected chi connectivity index (χ0v) is 13.9. The van der Waals surface area contributed by atoms with Crippen molar-refractivity contribution in [2.24, 2.45) is 0 Å². The summed E-state index contributed by atoms with van der Waals surface area (Å²) in [5.74, 6) is -6.35. The van der Waals surface area contributed by atoms with Crippen LogP contribution in [0.3, 0.4) is 0 Å². The van der Waals surface area contributed by atoms with Crippen molar-refractivity contribution in [1.82, 2.24) is 15.2 Å². The zero-order valence-electron chi connectivity index (χ0n) is 13.9. The minimum atomic E-state index is -1.63. The topological polar surface area (TPSA) is 75.4 Å². The summed E-state index contributed by atoms with van der Waals surface area (Å²) in [5, 5.41) is 2.85. The van der Waals surface area contributed by atoms with Gasteiger partial charge in [0.05, 0.1) is 5.70 Å². The molecule has 0 amide bonds. The number of halogens is 3. The number of carbonyl (C=O) groups excluding carboxylic acids is 2. The Labute approximate surface area is 146 Å². The van der Waals surface area contributed by atoms with Crippen molar-refractivity contribution in [1.29, 1.82) is 0 Å². The van der Waals surface area contributed by atoms with Crippen molar-refractivity contribution in [2.75, 3.05) is 27.2 Å². The number of carbonyl (C=O) groups is 2. The maximum Gasteiger partial charge on any atom is 0.231 e. The number of likely N-dealkylation sites (N-methyl/N-ethyl adjacent to an activating group) is 1. The molecule has 0 bridgehead atoms. The molecule has 26 heavy (non-hydrogen) atoms. The molecule has 3 rings (SSSR count). The molecule has 0 unspecified atom stereocenters. The lowest BCUT2D eigenvalue weighted by atomic mass is 10.0. The van der Waals surface area contributed by atoms with Gasteiger partial charge in [0.15, 0.2) is 23.1 Å². The molecule has 9 heteroatoms. The molecular formula is C17H14F3N3O3. The Morgan fingerprint density at radius 2 is 1.81 bits per heavy atom. The van der Waals surface area contributed by atoms with Gasteiger partial charge in [-0.1, -0.05) is 0 Å². The summed E-state index contributed by atoms with van der Waals surface area (Å²) < 4.78 is 45.0. The van der Waals surface area contributed by atoms with Crippen LogP contribution in [0.1, 0.15) is 21.0 Å². The van der Waals surface area contributed by atoms with E-state index in [1.54, 1.807) is 0 Å². The number of aromatic nitrogens is 1. The standard InChI is InChI=1S/C17H14F3N3O3/c1-23(2)4-3-21-11-7-12(24)16-14(15(11)25)22-17(26-16)8-5-9(18)13(20)10(19)6-8/h5-7,21H,3-4H2,1-2H3. The number of ketones is 2. The second-order valence-electron chi connectivity index (χ2n) is 5.93. The summed E-state index contributed by atoms with van der Waals surface area (Å²) in [7, 11) is 3.71. The SMILES string of the molecule is CN(C)CCNC1=CC(=O)c2oc(-c3cc(F)c(F)c(F)c3)nc2C1=O. The van der Waals surface area contributed by atoms with E-state index < -0.39 is 29.0 Å². The van der Waals surface area contributed by atoms with Crippen LogP contribution in [0.2, 0.25) is 0 Å². The molecule has 0 aliphatic heterocycles. The van der Waals surface area contributed by atoms with Gasteiger partial charge in [0.1, 0.15) is 0 Å². The normalized spacial score (nSPS) is 13.8. The van der Waals surface area contributed by atoms with Gasteiger partial charge in [-0.05, 0) is 26.2 Å². The molecule has 0 spiro atoms. The lowest BCUT2D eigenvalue weighted by Gasteiger charge is -2.14. The molecule has 0 fully saturated rings. The molecule has 1 aromatic heterocycles. The van der Waals surface area contributed by atoms with Gasteiger partial charge in [0.25, 0.3) is 0 Å². The Kier molecular flexibility index (Phi) is 4.64. The van der Waals surface area contributed by atoms with E-state index in [0.717, 1.165) is 6.08 Å². The van der Waals surface area contributed by atoms with E-state index in [4.69, 9.17) is 4.42 Å². The molecule has 1 aliphatic carbocycles. The molecule has 0 saturated heterocycles. The van der Waals surface area contributed by atoms with Crippen molar-refractivity contribution in [3.63, 3.8) is 0 Å². The van der Waals surface area contributed by atoms with Crippen LogP contribution in [0.15, 0.2) is 28.3 Å². The van der Waals surface area contributed by atoms with E-state index in [9.17, 15) is 22.8 Å². The third-order valence-electron chi connectivity index (χ3n) is 3.69. The molecule has 1 N–H and O–H groups in total. The number of Topliss-reactive ketones (excluding diaryl/α,β-unsaturated/α-hetero) is 1. The maximum absolute atomic E-state index is 13.4. The minimum absolute atomic E-state index is 0.0562. The molecule has 0 radical (unpaired) electrons. The molecule has 6 nitrogen and oxygen atoms in total. The van der Waals surface area contributed by atoms with Crippen molar-refractivity contribution in [2.45, 2.75) is 0 Å². The van der Waals surface area contributed by atoms with E-state index >= 15 is 0 Å². The Bertz CT molecular complexity index is 912. The summed E-state index contributed by atoms with van der Waals surface area (Å²) in [6, 6.07) is 1.35. The number of fused-ring (bicyclic) bond motifs is 1. The van der Waals surface area contributed by atoms with Crippen LogP contribution in [-0.2, 0) is 0 Å². The smallest absolute Gasteiger partial charge is 0.231 e. The number of nitrogens with zero attached hydrogens (tertiary/aromatic N) is 2. The van der Waals surface area contributed by atoms with Crippen LogP contribution in [0, 0.1) is 17.5 Å². The molecular weight excluding hydrogens is 351 g/mol. The van der Waals surface area contributed by atoms with Crippen molar-refractivity contribution in [3.05, 3.63) is 52.8 Å². The van der Waals surface area contributed by atoms with Gasteiger partial charge in [-0.3, -0.25) is 9.59 Å². The van der Waals surface area contributed by atoms with E-state index in [2.05, 4.69) is 10.3 Å². The molecule has 1 aromatic carbocycles. The number of hydrogen-bond acceptors (Lipinski definition) is 6. The maximum atomic E-state index is 13.4. The first-order chi connectivity index (χ1) is 12.3. The third-order valence-corrected chi connectivity index (χ3v) is 3.69. The van der Waals surface area contributed by atoms with Gasteiger partial charge in [-0.25, -0.2) is 18.2 Å². The first-order valence-electron chi connectivity index (χ1n) is 7.63. The van der Waals surface area contributed by atoms with Crippen LogP contribution in [-0.4, -0.2) is 48.6 Å². The highest BCUT2D eigenvalue weighted by atomic mass is 19.2. The summed E-state index contributed by atoms with van der Waals surface area (Å²) >= 11 is 0. The van der Waals surface area contributed by atoms with Crippen LogP contribution in [0.4, 0.5) is 13.2 Å². The molecule has 1 aliphatic rings. The van der Waals surface area contributed by atoms with Crippen molar-refractivity contribution >= 4 is 11.6 Å². The van der Waals surface area contributed by atoms with Crippen molar-refractivity contribution in [3.8, 4) is 11.5 Å². The zero-order chi connectivity index (χ0) is 19.0. The van der Waals surface area contributed by atoms with Gasteiger partial charge in [0, 0.05) is 24.7 Å². The second-order valence-corrected chi connectivity index (χ2v) is 5.93. The number of rotatable bonds is 5. The minimum Gasteiger partial charge on any atom is -0.432 e. The van der Waals surface area contributed by atoms with E-state index in [-0.39, 0.29) is 28.6 Å². The molecule has 0 saturated carbocycles. The molecule has 0 atom stereocenters. The highest BCUT2D eigenvalue weighted by molar-refractivity contribution is 6.22. The van der Waals surface area contributed by atoms with Crippen LogP contribution in [0.5, 0.6) is 0 Å². The number of oxazole rings is 1. The lowest BCUT2D eigenvalue weighted by molar-refractivity contribution is 0.0960. The number of allylic oxidation sites excluding steroid dienone is 2. The average molecular weight is 365 g/mol. The van der Waals surface area contributed by atoms with E-state index in [1.807, 2.05) is 19.0 Å². The predicted molar refractivity (Wildman–Crippen MR) is 85.1 cm³/mol. The Morgan fingerprint density at radius 3 is 2.42 bits per heavy atom. The second kappa shape index (κ2) is 6.75. The Balaban J connectivity index is 1.91. The van der Waals surface area contributed by atoms with Gasteiger partial charge in [-0.2, -0.15) is 0 Å². The predicted octanol–water partition coefficient (Wildman–Crippen LogP) is 2.17. The summed E-state index contributed by atoms with van der Waals surface area (Å²) in [4.78, 5) is 30.4. The van der Waals surface area contributed by atoms with Crippen LogP contribution < -0.4 is 5.32 Å². The quantitative estimate of drug-likeness (QED) is 0.819. The monoisotopic (exact) mass is 365 g/mol. The van der Waals surface area contributed by atoms with Crippen molar-refractivity contribution < 1.29 is 27.2 Å². The van der Waals surface area contributed by atoms with Crippen LogP contribution in [0.25, 0.3) is 11.5 Å². The lowest BCUT2D eigenvalue weighted by Crippen LogP contribution is -2.31. The summed E-state index contributed by atoms with van der Waals surface area (Å²) in [5.41, 5.74) is -0.427. The fraction of sp³-hybridized carbons (Fsp3) is 0.235. The third kappa shape index (κ3) is 3.25. The number of hydrogen-bond donors (Lipinski definition) is 1. The van der Waals surface area contributed by atoms with E-state index in [1.165, 1.54) is 0 Å². The van der Waals surface area contributed by atoms with Gasteiger partial charge < -0.3 is 14.6 Å². The first-order valence-corrected chi connectivity index (χ1v) is 7.63. The molecule has 136 valence electrons. The summed E-state index contributed by atoms with van der Waals surface area (Å²) in [6.45, 7) is 1.05. The fourth-order valence-corrected chi connectivity index (χ4v) is 2.38. The first kappa shape index (κ1) is 17.9. The number of benzene rings is 1. The van der Waals surface area contributed by atoms with Gasteiger partial charge in [0.2, 0.25) is 23.2 Å². The van der Waals surface area contributed by atoms with E-state index in [0.29, 0.717) is 25.2 Å². The summed E-state index contributed by atoms with van der Waals surface area (Å²) in [6.07, 6.45) is 1.08. The molecule has 1 heterocycles. The molecule has 2 aromatic rings. The fourth-order valence-electron chi connectivity index (χ4n) is 2.38.